The van der Waals surface area contributed by atoms with Crippen LogP contribution in [0.2, 0.25) is 5.02 Å². The summed E-state index contributed by atoms with van der Waals surface area (Å²) in [6.07, 6.45) is 2.88. The number of nitrogens with zero attached hydrogens (tertiary/aromatic N) is 1. The second-order valence-electron chi connectivity index (χ2n) is 4.58. The van der Waals surface area contributed by atoms with Gasteiger partial charge in [-0.15, -0.1) is 0 Å². The van der Waals surface area contributed by atoms with E-state index in [1.807, 2.05) is 0 Å². The van der Waals surface area contributed by atoms with Crippen molar-refractivity contribution in [2.45, 2.75) is 38.3 Å². The van der Waals surface area contributed by atoms with Gasteiger partial charge in [0.25, 0.3) is 5.69 Å². The minimum atomic E-state index is -0.500. The fourth-order valence-corrected chi connectivity index (χ4v) is 2.40. The smallest absolute Gasteiger partial charge is 0.288 e. The highest BCUT2D eigenvalue weighted by atomic mass is 35.5. The number of nitro groups is 1. The highest BCUT2D eigenvalue weighted by molar-refractivity contribution is 6.32. The Balaban J connectivity index is 2.23. The first-order chi connectivity index (χ1) is 8.49. The molecule has 1 aromatic carbocycles. The second-order valence-corrected chi connectivity index (χ2v) is 4.98. The summed E-state index contributed by atoms with van der Waals surface area (Å²) in [5.41, 5.74) is 6.53. The lowest BCUT2D eigenvalue weighted by Gasteiger charge is -2.19. The van der Waals surface area contributed by atoms with Gasteiger partial charge in [-0.05, 0) is 31.7 Å². The third-order valence-corrected chi connectivity index (χ3v) is 3.53. The Morgan fingerprint density at radius 3 is 2.78 bits per heavy atom. The van der Waals surface area contributed by atoms with Crippen molar-refractivity contribution in [1.29, 1.82) is 0 Å². The van der Waals surface area contributed by atoms with Gasteiger partial charge in [-0.25, -0.2) is 0 Å². The predicted molar refractivity (Wildman–Crippen MR) is 69.1 cm³/mol. The third-order valence-electron chi connectivity index (χ3n) is 3.22. The molecule has 1 aliphatic rings. The van der Waals surface area contributed by atoms with Crippen LogP contribution < -0.4 is 10.5 Å². The van der Waals surface area contributed by atoms with Crippen LogP contribution in [0.15, 0.2) is 12.1 Å². The first-order valence-electron chi connectivity index (χ1n) is 5.86. The van der Waals surface area contributed by atoms with Crippen LogP contribution in [-0.2, 0) is 0 Å². The Morgan fingerprint density at radius 2 is 2.22 bits per heavy atom. The Kier molecular flexibility index (Phi) is 3.73. The average molecular weight is 271 g/mol. The van der Waals surface area contributed by atoms with E-state index in [9.17, 15) is 10.1 Å². The van der Waals surface area contributed by atoms with Gasteiger partial charge in [-0.3, -0.25) is 10.1 Å². The lowest BCUT2D eigenvalue weighted by molar-refractivity contribution is -0.384. The van der Waals surface area contributed by atoms with Crippen LogP contribution in [0.4, 0.5) is 5.69 Å². The van der Waals surface area contributed by atoms with Gasteiger partial charge in [0.2, 0.25) is 0 Å². The minimum absolute atomic E-state index is 0.0263. The van der Waals surface area contributed by atoms with Crippen molar-refractivity contribution in [3.05, 3.63) is 32.8 Å². The molecule has 1 aliphatic carbocycles. The van der Waals surface area contributed by atoms with Gasteiger partial charge in [0, 0.05) is 18.2 Å². The summed E-state index contributed by atoms with van der Waals surface area (Å²) in [4.78, 5) is 10.2. The molecule has 1 aromatic rings. The zero-order valence-corrected chi connectivity index (χ0v) is 10.8. The van der Waals surface area contributed by atoms with Gasteiger partial charge in [0.15, 0.2) is 0 Å². The van der Waals surface area contributed by atoms with Crippen LogP contribution in [0, 0.1) is 17.0 Å². The molecular formula is C12H15ClN2O3. The molecule has 0 bridgehead atoms. The second kappa shape index (κ2) is 5.12. The van der Waals surface area contributed by atoms with Crippen LogP contribution in [-0.4, -0.2) is 17.1 Å². The van der Waals surface area contributed by atoms with Crippen molar-refractivity contribution in [1.82, 2.24) is 0 Å². The summed E-state index contributed by atoms with van der Waals surface area (Å²) in [5, 5.41) is 10.8. The number of halogens is 1. The zero-order chi connectivity index (χ0) is 13.3. The number of benzene rings is 1. The molecule has 0 amide bonds. The topological polar surface area (TPSA) is 78.4 Å². The summed E-state index contributed by atoms with van der Waals surface area (Å²) in [6.45, 7) is 1.76. The summed E-state index contributed by atoms with van der Waals surface area (Å²) in [6, 6.07) is 2.96. The SMILES string of the molecule is Cc1cc([N+](=O)[O-])c(Cl)cc1OC1CCCC1N. The lowest BCUT2D eigenvalue weighted by atomic mass is 10.2. The highest BCUT2D eigenvalue weighted by Crippen LogP contribution is 2.34. The Labute approximate surface area is 110 Å². The summed E-state index contributed by atoms with van der Waals surface area (Å²) >= 11 is 5.87. The van der Waals surface area contributed by atoms with Crippen LogP contribution in [0.5, 0.6) is 5.75 Å². The van der Waals surface area contributed by atoms with E-state index in [4.69, 9.17) is 22.1 Å². The van der Waals surface area contributed by atoms with Crippen molar-refractivity contribution < 1.29 is 9.66 Å². The molecule has 0 aromatic heterocycles. The lowest BCUT2D eigenvalue weighted by Crippen LogP contribution is -2.33. The monoisotopic (exact) mass is 270 g/mol. The first-order valence-corrected chi connectivity index (χ1v) is 6.23. The molecule has 1 fully saturated rings. The molecule has 5 nitrogen and oxygen atoms in total. The Hall–Kier alpha value is -1.33. The molecule has 0 radical (unpaired) electrons. The minimum Gasteiger partial charge on any atom is -0.488 e. The summed E-state index contributed by atoms with van der Waals surface area (Å²) < 4.78 is 5.80. The molecule has 0 saturated heterocycles. The van der Waals surface area contributed by atoms with E-state index < -0.39 is 4.92 Å². The first kappa shape index (κ1) is 13.1. The van der Waals surface area contributed by atoms with Crippen molar-refractivity contribution in [3.8, 4) is 5.75 Å². The zero-order valence-electron chi connectivity index (χ0n) is 10.1. The number of nitrogens with two attached hydrogens (primary N) is 1. The van der Waals surface area contributed by atoms with E-state index in [1.165, 1.54) is 12.1 Å². The molecule has 98 valence electrons. The van der Waals surface area contributed by atoms with E-state index in [1.54, 1.807) is 6.92 Å². The summed E-state index contributed by atoms with van der Waals surface area (Å²) in [5.74, 6) is 0.577. The Bertz CT molecular complexity index is 479. The molecule has 2 unspecified atom stereocenters. The van der Waals surface area contributed by atoms with Gasteiger partial charge in [0.05, 0.1) is 4.92 Å². The number of aryl methyl sites for hydroxylation is 1. The standard InChI is InChI=1S/C12H15ClN2O3/c1-7-5-10(15(16)17)8(13)6-12(7)18-11-4-2-3-9(11)14/h5-6,9,11H,2-4,14H2,1H3. The van der Waals surface area contributed by atoms with Gasteiger partial charge in [-0.1, -0.05) is 11.6 Å². The number of rotatable bonds is 3. The normalized spacial score (nSPS) is 23.1. The fraction of sp³-hybridized carbons (Fsp3) is 0.500. The van der Waals surface area contributed by atoms with Crippen molar-refractivity contribution in [2.24, 2.45) is 5.73 Å². The maximum absolute atomic E-state index is 10.7. The maximum atomic E-state index is 10.7. The van der Waals surface area contributed by atoms with E-state index in [0.29, 0.717) is 11.3 Å². The quantitative estimate of drug-likeness (QED) is 0.677. The van der Waals surface area contributed by atoms with E-state index >= 15 is 0 Å². The molecule has 2 N–H and O–H groups in total. The largest absolute Gasteiger partial charge is 0.488 e. The number of nitro benzene ring substituents is 1. The van der Waals surface area contributed by atoms with Crippen LogP contribution in [0.25, 0.3) is 0 Å². The number of hydrogen-bond acceptors (Lipinski definition) is 4. The predicted octanol–water partition coefficient (Wildman–Crippen LogP) is 2.82. The van der Waals surface area contributed by atoms with E-state index in [-0.39, 0.29) is 22.9 Å². The molecule has 6 heteroatoms. The molecular weight excluding hydrogens is 256 g/mol. The van der Waals surface area contributed by atoms with Gasteiger partial charge < -0.3 is 10.5 Å². The molecule has 18 heavy (non-hydrogen) atoms. The average Bonchev–Trinajstić information content (AvgIpc) is 2.69. The van der Waals surface area contributed by atoms with Crippen LogP contribution in [0.3, 0.4) is 0 Å². The molecule has 2 rings (SSSR count). The van der Waals surface area contributed by atoms with Crippen LogP contribution >= 0.6 is 11.6 Å². The fourth-order valence-electron chi connectivity index (χ4n) is 2.18. The number of hydrogen-bond donors (Lipinski definition) is 1. The molecule has 0 spiro atoms. The van der Waals surface area contributed by atoms with Crippen molar-refractivity contribution in [2.75, 3.05) is 0 Å². The summed E-state index contributed by atoms with van der Waals surface area (Å²) in [7, 11) is 0. The molecule has 0 aliphatic heterocycles. The van der Waals surface area contributed by atoms with Gasteiger partial charge in [-0.2, -0.15) is 0 Å². The maximum Gasteiger partial charge on any atom is 0.288 e. The Morgan fingerprint density at radius 1 is 1.50 bits per heavy atom. The van der Waals surface area contributed by atoms with Crippen LogP contribution in [0.1, 0.15) is 24.8 Å². The van der Waals surface area contributed by atoms with Gasteiger partial charge in [0.1, 0.15) is 16.9 Å². The van der Waals surface area contributed by atoms with E-state index in [0.717, 1.165) is 19.3 Å². The molecule has 2 atom stereocenters. The number of ether oxygens (including phenoxy) is 1. The molecule has 1 saturated carbocycles. The van der Waals surface area contributed by atoms with Crippen molar-refractivity contribution in [3.63, 3.8) is 0 Å². The van der Waals surface area contributed by atoms with E-state index in [2.05, 4.69) is 0 Å². The highest BCUT2D eigenvalue weighted by Gasteiger charge is 2.27. The third kappa shape index (κ3) is 2.57. The van der Waals surface area contributed by atoms with Crippen molar-refractivity contribution >= 4 is 17.3 Å². The molecule has 0 heterocycles. The van der Waals surface area contributed by atoms with Gasteiger partial charge >= 0.3 is 0 Å².